The summed E-state index contributed by atoms with van der Waals surface area (Å²) in [7, 11) is -3.10. The Morgan fingerprint density at radius 1 is 1.19 bits per heavy atom. The van der Waals surface area contributed by atoms with Crippen LogP contribution in [-0.2, 0) is 10.0 Å². The second-order valence-corrected chi connectivity index (χ2v) is 6.79. The molecular formula is C11H26N2O2S. The molecule has 0 saturated heterocycles. The number of nitrogens with one attached hydrogen (secondary N) is 2. The summed E-state index contributed by atoms with van der Waals surface area (Å²) in [6.45, 7) is 10.4. The fourth-order valence-electron chi connectivity index (χ4n) is 1.07. The van der Waals surface area contributed by atoms with Gasteiger partial charge in [0.05, 0.1) is 5.75 Å². The molecule has 0 saturated carbocycles. The van der Waals surface area contributed by atoms with Gasteiger partial charge in [0, 0.05) is 6.54 Å². The zero-order chi connectivity index (χ0) is 12.7. The first-order valence-corrected chi connectivity index (χ1v) is 7.66. The zero-order valence-electron chi connectivity index (χ0n) is 11.0. The maximum Gasteiger partial charge on any atom is 0.211 e. The lowest BCUT2D eigenvalue weighted by molar-refractivity contribution is 0.350. The van der Waals surface area contributed by atoms with Crippen molar-refractivity contribution < 1.29 is 8.42 Å². The Labute approximate surface area is 100 Å². The Kier molecular flexibility index (Phi) is 7.19. The van der Waals surface area contributed by atoms with Gasteiger partial charge in [0.1, 0.15) is 0 Å². The van der Waals surface area contributed by atoms with Crippen LogP contribution in [0.2, 0.25) is 0 Å². The first-order chi connectivity index (χ1) is 7.33. The molecule has 0 amide bonds. The van der Waals surface area contributed by atoms with Gasteiger partial charge in [0.15, 0.2) is 0 Å². The predicted octanol–water partition coefficient (Wildman–Crippen LogP) is 1.34. The fraction of sp³-hybridized carbons (Fsp3) is 1.00. The predicted molar refractivity (Wildman–Crippen MR) is 69.0 cm³/mol. The summed E-state index contributed by atoms with van der Waals surface area (Å²) in [5, 5.41) is 3.11. The van der Waals surface area contributed by atoms with Crippen LogP contribution < -0.4 is 10.0 Å². The van der Waals surface area contributed by atoms with Crippen molar-refractivity contribution in [3.63, 3.8) is 0 Å². The van der Waals surface area contributed by atoms with E-state index in [0.717, 1.165) is 19.5 Å². The highest BCUT2D eigenvalue weighted by molar-refractivity contribution is 7.89. The minimum atomic E-state index is -3.10. The summed E-state index contributed by atoms with van der Waals surface area (Å²) in [6, 6.07) is 0. The molecule has 16 heavy (non-hydrogen) atoms. The third-order valence-electron chi connectivity index (χ3n) is 2.74. The van der Waals surface area contributed by atoms with E-state index < -0.39 is 10.0 Å². The van der Waals surface area contributed by atoms with E-state index in [9.17, 15) is 8.42 Å². The Morgan fingerprint density at radius 3 is 2.31 bits per heavy atom. The Balaban J connectivity index is 3.88. The molecule has 0 spiro atoms. The monoisotopic (exact) mass is 250 g/mol. The van der Waals surface area contributed by atoms with Crippen molar-refractivity contribution in [2.45, 2.75) is 40.5 Å². The average molecular weight is 250 g/mol. The van der Waals surface area contributed by atoms with Gasteiger partial charge in [-0.3, -0.25) is 0 Å². The smallest absolute Gasteiger partial charge is 0.211 e. The average Bonchev–Trinajstić information content (AvgIpc) is 2.22. The van der Waals surface area contributed by atoms with Crippen LogP contribution in [0, 0.1) is 5.41 Å². The van der Waals surface area contributed by atoms with E-state index in [0.29, 0.717) is 13.0 Å². The summed E-state index contributed by atoms with van der Waals surface area (Å²) in [4.78, 5) is 0. The summed E-state index contributed by atoms with van der Waals surface area (Å²) < 4.78 is 25.9. The summed E-state index contributed by atoms with van der Waals surface area (Å²) in [5.41, 5.74) is 0.0364. The lowest BCUT2D eigenvalue weighted by atomic mass is 9.91. The van der Waals surface area contributed by atoms with Crippen molar-refractivity contribution in [3.8, 4) is 0 Å². The second-order valence-electron chi connectivity index (χ2n) is 4.86. The SMILES string of the molecule is CCNCCCS(=O)(=O)NCC(C)(C)CC. The third kappa shape index (κ3) is 8.07. The summed E-state index contributed by atoms with van der Waals surface area (Å²) >= 11 is 0. The van der Waals surface area contributed by atoms with Crippen LogP contribution in [0.25, 0.3) is 0 Å². The summed E-state index contributed by atoms with van der Waals surface area (Å²) in [5.74, 6) is 0.208. The number of hydrogen-bond acceptors (Lipinski definition) is 3. The highest BCUT2D eigenvalue weighted by atomic mass is 32.2. The molecule has 0 atom stereocenters. The van der Waals surface area contributed by atoms with Gasteiger partial charge in [-0.2, -0.15) is 0 Å². The Bertz CT molecular complexity index is 274. The van der Waals surface area contributed by atoms with Crippen LogP contribution in [0.3, 0.4) is 0 Å². The summed E-state index contributed by atoms with van der Waals surface area (Å²) in [6.07, 6.45) is 1.63. The largest absolute Gasteiger partial charge is 0.317 e. The standard InChI is InChI=1S/C11H26N2O2S/c1-5-11(3,4)10-13-16(14,15)9-7-8-12-6-2/h12-13H,5-10H2,1-4H3. The lowest BCUT2D eigenvalue weighted by Gasteiger charge is -2.22. The maximum atomic E-state index is 11.6. The molecule has 0 radical (unpaired) electrons. The Hall–Kier alpha value is -0.130. The molecule has 5 heteroatoms. The molecule has 4 nitrogen and oxygen atoms in total. The maximum absolute atomic E-state index is 11.6. The normalized spacial score (nSPS) is 13.0. The fourth-order valence-corrected chi connectivity index (χ4v) is 2.35. The molecule has 0 aromatic rings. The van der Waals surface area contributed by atoms with Crippen molar-refractivity contribution in [1.29, 1.82) is 0 Å². The first-order valence-electron chi connectivity index (χ1n) is 6.01. The van der Waals surface area contributed by atoms with Gasteiger partial charge in [-0.25, -0.2) is 13.1 Å². The number of hydrogen-bond donors (Lipinski definition) is 2. The van der Waals surface area contributed by atoms with E-state index in [1.54, 1.807) is 0 Å². The first kappa shape index (κ1) is 15.9. The van der Waals surface area contributed by atoms with Gasteiger partial charge in [-0.15, -0.1) is 0 Å². The van der Waals surface area contributed by atoms with Crippen molar-refractivity contribution in [2.24, 2.45) is 5.41 Å². The molecule has 0 rings (SSSR count). The molecule has 0 aromatic heterocycles. The van der Waals surface area contributed by atoms with Crippen LogP contribution in [0.1, 0.15) is 40.5 Å². The topological polar surface area (TPSA) is 58.2 Å². The van der Waals surface area contributed by atoms with Gasteiger partial charge < -0.3 is 5.32 Å². The quantitative estimate of drug-likeness (QED) is 0.607. The highest BCUT2D eigenvalue weighted by Gasteiger charge is 2.18. The van der Waals surface area contributed by atoms with Gasteiger partial charge in [0.25, 0.3) is 0 Å². The molecule has 2 N–H and O–H groups in total. The zero-order valence-corrected chi connectivity index (χ0v) is 11.8. The molecule has 0 aliphatic heterocycles. The van der Waals surface area contributed by atoms with E-state index in [4.69, 9.17) is 0 Å². The van der Waals surface area contributed by atoms with E-state index in [-0.39, 0.29) is 11.2 Å². The van der Waals surface area contributed by atoms with Gasteiger partial charge in [-0.1, -0.05) is 27.7 Å². The molecule has 0 aliphatic rings. The second kappa shape index (κ2) is 7.25. The minimum Gasteiger partial charge on any atom is -0.317 e. The number of rotatable bonds is 9. The molecule has 0 heterocycles. The number of sulfonamides is 1. The van der Waals surface area contributed by atoms with Crippen molar-refractivity contribution in [1.82, 2.24) is 10.0 Å². The third-order valence-corrected chi connectivity index (χ3v) is 4.15. The molecule has 98 valence electrons. The molecule has 0 fully saturated rings. The minimum absolute atomic E-state index is 0.0364. The molecule has 0 unspecified atom stereocenters. The van der Waals surface area contributed by atoms with Crippen molar-refractivity contribution in [3.05, 3.63) is 0 Å². The van der Waals surface area contributed by atoms with Crippen LogP contribution >= 0.6 is 0 Å². The molecular weight excluding hydrogens is 224 g/mol. The molecule has 0 aliphatic carbocycles. The molecule has 0 bridgehead atoms. The van der Waals surface area contributed by atoms with Crippen LogP contribution in [0.15, 0.2) is 0 Å². The Morgan fingerprint density at radius 2 is 1.81 bits per heavy atom. The molecule has 0 aromatic carbocycles. The highest BCUT2D eigenvalue weighted by Crippen LogP contribution is 2.18. The van der Waals surface area contributed by atoms with E-state index >= 15 is 0 Å². The van der Waals surface area contributed by atoms with Crippen molar-refractivity contribution in [2.75, 3.05) is 25.4 Å². The van der Waals surface area contributed by atoms with Gasteiger partial charge in [0.2, 0.25) is 10.0 Å². The lowest BCUT2D eigenvalue weighted by Crippen LogP contribution is -2.35. The van der Waals surface area contributed by atoms with Crippen LogP contribution in [0.4, 0.5) is 0 Å². The van der Waals surface area contributed by atoms with Crippen LogP contribution in [0.5, 0.6) is 0 Å². The van der Waals surface area contributed by atoms with Crippen LogP contribution in [-0.4, -0.2) is 33.8 Å². The van der Waals surface area contributed by atoms with E-state index in [1.807, 2.05) is 6.92 Å². The van der Waals surface area contributed by atoms with Crippen molar-refractivity contribution >= 4 is 10.0 Å². The van der Waals surface area contributed by atoms with Gasteiger partial charge >= 0.3 is 0 Å². The van der Waals surface area contributed by atoms with Gasteiger partial charge in [-0.05, 0) is 31.3 Å². The van der Waals surface area contributed by atoms with E-state index in [1.165, 1.54) is 0 Å². The van der Waals surface area contributed by atoms with E-state index in [2.05, 4.69) is 30.8 Å².